The number of thioether (sulfide) groups is 1. The fraction of sp³-hybridized carbons (Fsp3) is 0.143. The summed E-state index contributed by atoms with van der Waals surface area (Å²) in [6.45, 7) is 0.338. The summed E-state index contributed by atoms with van der Waals surface area (Å²) >= 11 is 7.37. The molecule has 0 saturated heterocycles. The first-order chi connectivity index (χ1) is 9.99. The number of nitrogen functional groups attached to an aromatic ring is 1. The molecule has 0 atom stereocenters. The minimum absolute atomic E-state index is 0.120. The van der Waals surface area contributed by atoms with Crippen LogP contribution < -0.4 is 10.5 Å². The highest BCUT2D eigenvalue weighted by atomic mass is 35.5. The van der Waals surface area contributed by atoms with Crippen LogP contribution in [0.4, 0.5) is 5.69 Å². The fourth-order valence-electron chi connectivity index (χ4n) is 1.63. The van der Waals surface area contributed by atoms with Crippen LogP contribution in [-0.2, 0) is 10.0 Å². The third kappa shape index (κ3) is 4.64. The lowest BCUT2D eigenvalue weighted by molar-refractivity contribution is 0.584. The number of nitrogens with two attached hydrogens (primary N) is 1. The Morgan fingerprint density at radius 1 is 1.14 bits per heavy atom. The van der Waals surface area contributed by atoms with E-state index < -0.39 is 10.0 Å². The first-order valence-corrected chi connectivity index (χ1v) is 9.06. The van der Waals surface area contributed by atoms with Crippen molar-refractivity contribution in [3.8, 4) is 0 Å². The number of hydrogen-bond acceptors (Lipinski definition) is 4. The molecule has 0 aliphatic heterocycles. The lowest BCUT2D eigenvalue weighted by atomic mass is 10.3. The number of sulfonamides is 1. The summed E-state index contributed by atoms with van der Waals surface area (Å²) in [7, 11) is -3.56. The van der Waals surface area contributed by atoms with Crippen molar-refractivity contribution >= 4 is 39.1 Å². The molecule has 0 aliphatic carbocycles. The topological polar surface area (TPSA) is 72.2 Å². The van der Waals surface area contributed by atoms with Crippen LogP contribution in [-0.4, -0.2) is 20.7 Å². The maximum absolute atomic E-state index is 12.1. The highest BCUT2D eigenvalue weighted by Gasteiger charge is 2.14. The zero-order valence-corrected chi connectivity index (χ0v) is 13.5. The van der Waals surface area contributed by atoms with Crippen LogP contribution in [0.5, 0.6) is 0 Å². The third-order valence-electron chi connectivity index (χ3n) is 2.68. The molecule has 2 aromatic carbocycles. The van der Waals surface area contributed by atoms with Gasteiger partial charge >= 0.3 is 0 Å². The Morgan fingerprint density at radius 3 is 2.52 bits per heavy atom. The van der Waals surface area contributed by atoms with E-state index >= 15 is 0 Å². The highest BCUT2D eigenvalue weighted by Crippen LogP contribution is 2.22. The smallest absolute Gasteiger partial charge is 0.240 e. The lowest BCUT2D eigenvalue weighted by Crippen LogP contribution is -2.26. The molecule has 0 fully saturated rings. The van der Waals surface area contributed by atoms with Gasteiger partial charge in [-0.2, -0.15) is 0 Å². The molecule has 2 rings (SSSR count). The van der Waals surface area contributed by atoms with Gasteiger partial charge in [-0.3, -0.25) is 0 Å². The summed E-state index contributed by atoms with van der Waals surface area (Å²) < 4.78 is 26.7. The Kier molecular flexibility index (Phi) is 5.52. The number of anilines is 1. The van der Waals surface area contributed by atoms with Gasteiger partial charge in [0.15, 0.2) is 0 Å². The maximum atomic E-state index is 12.1. The van der Waals surface area contributed by atoms with Crippen molar-refractivity contribution in [2.45, 2.75) is 9.79 Å². The second kappa shape index (κ2) is 7.17. The number of benzene rings is 2. The van der Waals surface area contributed by atoms with E-state index in [9.17, 15) is 8.42 Å². The number of rotatable bonds is 6. The predicted molar refractivity (Wildman–Crippen MR) is 88.2 cm³/mol. The summed E-state index contributed by atoms with van der Waals surface area (Å²) in [6, 6.07) is 14.1. The maximum Gasteiger partial charge on any atom is 0.240 e. The Bertz CT molecular complexity index is 706. The molecule has 0 aromatic heterocycles. The summed E-state index contributed by atoms with van der Waals surface area (Å²) in [5.74, 6) is 0.645. The fourth-order valence-corrected chi connectivity index (χ4v) is 3.74. The molecule has 0 saturated carbocycles. The first-order valence-electron chi connectivity index (χ1n) is 6.21. The monoisotopic (exact) mass is 342 g/mol. The van der Waals surface area contributed by atoms with Gasteiger partial charge in [0, 0.05) is 17.2 Å². The Morgan fingerprint density at radius 2 is 1.86 bits per heavy atom. The van der Waals surface area contributed by atoms with E-state index in [2.05, 4.69) is 4.72 Å². The summed E-state index contributed by atoms with van der Waals surface area (Å²) in [5.41, 5.74) is 5.87. The third-order valence-corrected chi connectivity index (χ3v) is 5.50. The van der Waals surface area contributed by atoms with Gasteiger partial charge in [0.25, 0.3) is 0 Å². The first kappa shape index (κ1) is 16.2. The quantitative estimate of drug-likeness (QED) is 0.481. The van der Waals surface area contributed by atoms with Crippen LogP contribution in [0.15, 0.2) is 58.3 Å². The number of hydrogen-bond donors (Lipinski definition) is 2. The van der Waals surface area contributed by atoms with Crippen LogP contribution in [0, 0.1) is 0 Å². The Hall–Kier alpha value is -1.21. The van der Waals surface area contributed by atoms with Gasteiger partial charge < -0.3 is 5.73 Å². The van der Waals surface area contributed by atoms with Crippen LogP contribution in [0.1, 0.15) is 0 Å². The van der Waals surface area contributed by atoms with Crippen molar-refractivity contribution in [2.24, 2.45) is 0 Å². The Labute approximate surface area is 133 Å². The van der Waals surface area contributed by atoms with Crippen LogP contribution in [0.2, 0.25) is 5.02 Å². The molecule has 2 aromatic rings. The van der Waals surface area contributed by atoms with Crippen molar-refractivity contribution in [2.75, 3.05) is 18.0 Å². The van der Waals surface area contributed by atoms with Crippen LogP contribution in [0.3, 0.4) is 0 Å². The molecule has 0 bridgehead atoms. The number of halogens is 1. The van der Waals surface area contributed by atoms with Gasteiger partial charge in [0.2, 0.25) is 10.0 Å². The molecule has 112 valence electrons. The van der Waals surface area contributed by atoms with Crippen LogP contribution in [0.25, 0.3) is 0 Å². The molecule has 0 unspecified atom stereocenters. The normalized spacial score (nSPS) is 11.5. The van der Waals surface area contributed by atoms with E-state index in [0.29, 0.717) is 17.3 Å². The molecule has 21 heavy (non-hydrogen) atoms. The predicted octanol–water partition coefficient (Wildman–Crippen LogP) is 2.99. The van der Waals surface area contributed by atoms with Crippen molar-refractivity contribution < 1.29 is 8.42 Å². The molecule has 0 heterocycles. The molecular weight excluding hydrogens is 328 g/mol. The molecular formula is C14H15ClN2O2S2. The van der Waals surface area contributed by atoms with Gasteiger partial charge in [-0.05, 0) is 30.3 Å². The summed E-state index contributed by atoms with van der Waals surface area (Å²) in [6.07, 6.45) is 0. The van der Waals surface area contributed by atoms with E-state index in [1.165, 1.54) is 18.2 Å². The minimum atomic E-state index is -3.56. The van der Waals surface area contributed by atoms with Gasteiger partial charge in [-0.1, -0.05) is 29.8 Å². The highest BCUT2D eigenvalue weighted by molar-refractivity contribution is 7.99. The summed E-state index contributed by atoms with van der Waals surface area (Å²) in [5, 5.41) is 0.341. The Balaban J connectivity index is 1.91. The average Bonchev–Trinajstić information content (AvgIpc) is 2.47. The standard InChI is InChI=1S/C14H15ClN2O2S2/c15-13-7-6-12(10-14(13)16)21(18,19)17-8-9-20-11-4-2-1-3-5-11/h1-7,10,17H,8-9,16H2. The van der Waals surface area contributed by atoms with Crippen molar-refractivity contribution in [3.05, 3.63) is 53.6 Å². The molecule has 0 amide bonds. The average molecular weight is 343 g/mol. The molecule has 3 N–H and O–H groups in total. The van der Waals surface area contributed by atoms with E-state index in [1.54, 1.807) is 11.8 Å². The molecule has 4 nitrogen and oxygen atoms in total. The minimum Gasteiger partial charge on any atom is -0.397 e. The SMILES string of the molecule is Nc1cc(S(=O)(=O)NCCSc2ccccc2)ccc1Cl. The summed E-state index contributed by atoms with van der Waals surface area (Å²) in [4.78, 5) is 1.22. The lowest BCUT2D eigenvalue weighted by Gasteiger charge is -2.08. The largest absolute Gasteiger partial charge is 0.397 e. The zero-order valence-electron chi connectivity index (χ0n) is 11.1. The number of nitrogens with one attached hydrogen (secondary N) is 1. The van der Waals surface area contributed by atoms with E-state index in [0.717, 1.165) is 4.90 Å². The van der Waals surface area contributed by atoms with Gasteiger partial charge in [-0.15, -0.1) is 11.8 Å². The van der Waals surface area contributed by atoms with Gasteiger partial charge in [0.05, 0.1) is 15.6 Å². The second-order valence-electron chi connectivity index (χ2n) is 4.24. The molecule has 0 radical (unpaired) electrons. The van der Waals surface area contributed by atoms with Gasteiger partial charge in [0.1, 0.15) is 0 Å². The van der Waals surface area contributed by atoms with E-state index in [-0.39, 0.29) is 10.6 Å². The van der Waals surface area contributed by atoms with Crippen molar-refractivity contribution in [3.63, 3.8) is 0 Å². The van der Waals surface area contributed by atoms with Crippen LogP contribution >= 0.6 is 23.4 Å². The second-order valence-corrected chi connectivity index (χ2v) is 7.59. The van der Waals surface area contributed by atoms with E-state index in [1.807, 2.05) is 30.3 Å². The van der Waals surface area contributed by atoms with Crippen molar-refractivity contribution in [1.29, 1.82) is 0 Å². The van der Waals surface area contributed by atoms with Gasteiger partial charge in [-0.25, -0.2) is 13.1 Å². The molecule has 7 heteroatoms. The van der Waals surface area contributed by atoms with Crippen molar-refractivity contribution in [1.82, 2.24) is 4.72 Å². The molecule has 0 spiro atoms. The zero-order chi connectivity index (χ0) is 15.3. The van der Waals surface area contributed by atoms with E-state index in [4.69, 9.17) is 17.3 Å². The molecule has 0 aliphatic rings.